The van der Waals surface area contributed by atoms with Crippen molar-refractivity contribution in [3.63, 3.8) is 0 Å². The quantitative estimate of drug-likeness (QED) is 0.680. The highest BCUT2D eigenvalue weighted by Crippen LogP contribution is 2.07. The van der Waals surface area contributed by atoms with E-state index in [2.05, 4.69) is 10.2 Å². The van der Waals surface area contributed by atoms with E-state index >= 15 is 0 Å². The first-order valence-corrected chi connectivity index (χ1v) is 9.08. The predicted molar refractivity (Wildman–Crippen MR) is 99.3 cm³/mol. The van der Waals surface area contributed by atoms with Gasteiger partial charge in [0.25, 0.3) is 0 Å². The van der Waals surface area contributed by atoms with Crippen LogP contribution in [0.1, 0.15) is 17.1 Å². The zero-order valence-corrected chi connectivity index (χ0v) is 15.3. The van der Waals surface area contributed by atoms with Gasteiger partial charge in [-0.1, -0.05) is 30.3 Å². The molecule has 0 radical (unpaired) electrons. The molecule has 1 aliphatic heterocycles. The number of hydrogen-bond donors (Lipinski definition) is 0. The Bertz CT molecular complexity index is 1000. The molecule has 1 amide bonds. The molecule has 0 atom stereocenters. The van der Waals surface area contributed by atoms with Gasteiger partial charge in [0.1, 0.15) is 12.4 Å². The molecule has 8 heteroatoms. The van der Waals surface area contributed by atoms with Crippen molar-refractivity contribution in [2.45, 2.75) is 33.0 Å². The second-order valence-electron chi connectivity index (χ2n) is 6.78. The summed E-state index contributed by atoms with van der Waals surface area (Å²) in [4.78, 5) is 27.0. The summed E-state index contributed by atoms with van der Waals surface area (Å²) in [6, 6.07) is 11.7. The van der Waals surface area contributed by atoms with E-state index in [0.29, 0.717) is 32.6 Å². The Kier molecular flexibility index (Phi) is 4.62. The molecule has 4 rings (SSSR count). The van der Waals surface area contributed by atoms with Crippen molar-refractivity contribution >= 4 is 5.91 Å². The third kappa shape index (κ3) is 3.69. The smallest absolute Gasteiger partial charge is 0.339 e. The normalized spacial score (nSPS) is 14.0. The molecule has 0 N–H and O–H groups in total. The van der Waals surface area contributed by atoms with Crippen molar-refractivity contribution in [2.75, 3.05) is 13.1 Å². The molecule has 3 aromatic rings. The van der Waals surface area contributed by atoms with E-state index in [1.807, 2.05) is 43.3 Å². The van der Waals surface area contributed by atoms with Gasteiger partial charge in [-0.05, 0) is 18.6 Å². The molecule has 0 fully saturated rings. The lowest BCUT2D eigenvalue weighted by Crippen LogP contribution is -2.37. The van der Waals surface area contributed by atoms with Gasteiger partial charge in [-0.2, -0.15) is 10.2 Å². The number of nitrogens with zero attached hydrogens (tertiary/aromatic N) is 6. The zero-order chi connectivity index (χ0) is 18.8. The second kappa shape index (κ2) is 7.22. The Morgan fingerprint density at radius 3 is 2.63 bits per heavy atom. The number of carbonyl (C=O) groups excluding carboxylic acids is 1. The molecular weight excluding hydrogens is 344 g/mol. The number of carbonyl (C=O) groups is 1. The van der Waals surface area contributed by atoms with Crippen LogP contribution in [0.5, 0.6) is 0 Å². The second-order valence-corrected chi connectivity index (χ2v) is 6.78. The maximum Gasteiger partial charge on any atom is 0.346 e. The first-order valence-electron chi connectivity index (χ1n) is 9.08. The van der Waals surface area contributed by atoms with E-state index in [1.54, 1.807) is 20.3 Å². The summed E-state index contributed by atoms with van der Waals surface area (Å²) in [7, 11) is 0. The van der Waals surface area contributed by atoms with E-state index in [0.717, 1.165) is 17.1 Å². The van der Waals surface area contributed by atoms with Crippen LogP contribution in [-0.4, -0.2) is 48.0 Å². The molecular formula is C19H22N6O2. The molecule has 27 heavy (non-hydrogen) atoms. The number of amides is 1. The maximum atomic E-state index is 12.7. The van der Waals surface area contributed by atoms with Crippen molar-refractivity contribution in [3.8, 4) is 0 Å². The van der Waals surface area contributed by atoms with Crippen LogP contribution in [0, 0.1) is 6.92 Å². The predicted octanol–water partition coefficient (Wildman–Crippen LogP) is 0.683. The van der Waals surface area contributed by atoms with Crippen LogP contribution < -0.4 is 5.69 Å². The molecule has 2 aromatic heterocycles. The monoisotopic (exact) mass is 366 g/mol. The average molecular weight is 366 g/mol. The van der Waals surface area contributed by atoms with Crippen LogP contribution in [-0.2, 0) is 30.8 Å². The lowest BCUT2D eigenvalue weighted by atomic mass is 10.2. The van der Waals surface area contributed by atoms with Crippen LogP contribution >= 0.6 is 0 Å². The molecule has 1 aromatic carbocycles. The summed E-state index contributed by atoms with van der Waals surface area (Å²) in [6.07, 6.45) is 2.37. The van der Waals surface area contributed by atoms with Gasteiger partial charge < -0.3 is 4.90 Å². The molecule has 0 spiro atoms. The molecule has 8 nitrogen and oxygen atoms in total. The average Bonchev–Trinajstić information content (AvgIpc) is 3.11. The Morgan fingerprint density at radius 1 is 1.07 bits per heavy atom. The lowest BCUT2D eigenvalue weighted by Gasteiger charge is -2.19. The van der Waals surface area contributed by atoms with Gasteiger partial charge in [0.2, 0.25) is 5.91 Å². The summed E-state index contributed by atoms with van der Waals surface area (Å²) >= 11 is 0. The molecule has 0 bridgehead atoms. The van der Waals surface area contributed by atoms with Gasteiger partial charge in [-0.3, -0.25) is 14.0 Å². The van der Waals surface area contributed by atoms with E-state index in [4.69, 9.17) is 0 Å². The molecule has 0 unspecified atom stereocenters. The van der Waals surface area contributed by atoms with Crippen LogP contribution in [0.15, 0.2) is 47.4 Å². The first-order chi connectivity index (χ1) is 13.1. The number of fused-ring (bicyclic) bond motifs is 1. The summed E-state index contributed by atoms with van der Waals surface area (Å²) in [5.41, 5.74) is 1.81. The Balaban J connectivity index is 1.44. The minimum absolute atomic E-state index is 0.00784. The fraction of sp³-hybridized carbons (Fsp3) is 0.368. The number of aromatic nitrogens is 5. The van der Waals surface area contributed by atoms with E-state index in [1.165, 1.54) is 4.68 Å². The number of rotatable bonds is 4. The molecule has 140 valence electrons. The van der Waals surface area contributed by atoms with Crippen LogP contribution in [0.3, 0.4) is 0 Å². The number of benzene rings is 1. The van der Waals surface area contributed by atoms with Crippen LogP contribution in [0.2, 0.25) is 0 Å². The highest BCUT2D eigenvalue weighted by molar-refractivity contribution is 5.75. The van der Waals surface area contributed by atoms with E-state index in [9.17, 15) is 9.59 Å². The molecule has 0 saturated carbocycles. The summed E-state index contributed by atoms with van der Waals surface area (Å²) < 4.78 is 4.84. The standard InChI is InChI=1S/C19H22N6O2/c1-15-7-10-23(20-15)14-18(26)22-9-8-17-21-25(19(27)24(17)12-11-22)13-16-5-3-2-4-6-16/h2-7,10H,8-9,11-14H2,1H3. The van der Waals surface area contributed by atoms with Crippen molar-refractivity contribution in [1.82, 2.24) is 29.0 Å². The highest BCUT2D eigenvalue weighted by Gasteiger charge is 2.22. The summed E-state index contributed by atoms with van der Waals surface area (Å²) in [5, 5.41) is 8.76. The third-order valence-electron chi connectivity index (χ3n) is 4.80. The minimum Gasteiger partial charge on any atom is -0.339 e. The SMILES string of the molecule is Cc1ccn(CC(=O)N2CCc3nn(Cc4ccccc4)c(=O)n3CC2)n1. The molecule has 1 aliphatic rings. The molecule has 0 aliphatic carbocycles. The van der Waals surface area contributed by atoms with Crippen LogP contribution in [0.25, 0.3) is 0 Å². The third-order valence-corrected chi connectivity index (χ3v) is 4.80. The summed E-state index contributed by atoms with van der Waals surface area (Å²) in [5.74, 6) is 0.745. The van der Waals surface area contributed by atoms with Gasteiger partial charge in [-0.15, -0.1) is 0 Å². The number of aryl methyl sites for hydroxylation is 1. The van der Waals surface area contributed by atoms with E-state index < -0.39 is 0 Å². The zero-order valence-electron chi connectivity index (χ0n) is 15.3. The largest absolute Gasteiger partial charge is 0.346 e. The fourth-order valence-corrected chi connectivity index (χ4v) is 3.36. The van der Waals surface area contributed by atoms with Gasteiger partial charge in [0, 0.05) is 32.3 Å². The van der Waals surface area contributed by atoms with Gasteiger partial charge in [0.05, 0.1) is 12.2 Å². The van der Waals surface area contributed by atoms with Gasteiger partial charge in [-0.25, -0.2) is 9.48 Å². The van der Waals surface area contributed by atoms with Crippen molar-refractivity contribution < 1.29 is 4.79 Å². The minimum atomic E-state index is -0.120. The van der Waals surface area contributed by atoms with Gasteiger partial charge in [0.15, 0.2) is 0 Å². The van der Waals surface area contributed by atoms with Crippen LogP contribution in [0.4, 0.5) is 0 Å². The topological polar surface area (TPSA) is 78.0 Å². The maximum absolute atomic E-state index is 12.7. The molecule has 3 heterocycles. The molecule has 0 saturated heterocycles. The number of hydrogen-bond acceptors (Lipinski definition) is 4. The van der Waals surface area contributed by atoms with Crippen molar-refractivity contribution in [2.24, 2.45) is 0 Å². The summed E-state index contributed by atoms with van der Waals surface area (Å²) in [6.45, 7) is 4.10. The Labute approximate surface area is 156 Å². The van der Waals surface area contributed by atoms with E-state index in [-0.39, 0.29) is 18.1 Å². The van der Waals surface area contributed by atoms with Gasteiger partial charge >= 0.3 is 5.69 Å². The lowest BCUT2D eigenvalue weighted by molar-refractivity contribution is -0.132. The van der Waals surface area contributed by atoms with Crippen molar-refractivity contribution in [1.29, 1.82) is 0 Å². The Hall–Kier alpha value is -3.16. The Morgan fingerprint density at radius 2 is 1.89 bits per heavy atom. The van der Waals surface area contributed by atoms with Crippen molar-refractivity contribution in [3.05, 3.63) is 70.2 Å². The first kappa shape index (κ1) is 17.3. The fourth-order valence-electron chi connectivity index (χ4n) is 3.36. The highest BCUT2D eigenvalue weighted by atomic mass is 16.2.